The molecule has 0 bridgehead atoms. The molecule has 146 valence electrons. The number of rotatable bonds is 8. The second-order valence-corrected chi connectivity index (χ2v) is 8.30. The fourth-order valence-electron chi connectivity index (χ4n) is 3.49. The highest BCUT2D eigenvalue weighted by atomic mass is 16.5. The molecule has 2 rings (SSSR count). The van der Waals surface area contributed by atoms with Gasteiger partial charge in [0.05, 0.1) is 6.10 Å². The van der Waals surface area contributed by atoms with Gasteiger partial charge >= 0.3 is 0 Å². The number of hydrogen-bond donors (Lipinski definition) is 2. The molecule has 3 N–H and O–H groups in total. The first-order valence-electron chi connectivity index (χ1n) is 9.59. The summed E-state index contributed by atoms with van der Waals surface area (Å²) in [5, 5.41) is 3.06. The molecule has 2 unspecified atom stereocenters. The Balaban J connectivity index is 2.02. The normalized spacial score (nSPS) is 24.6. The first-order chi connectivity index (χ1) is 12.1. The van der Waals surface area contributed by atoms with Gasteiger partial charge in [-0.05, 0) is 38.9 Å². The Morgan fingerprint density at radius 3 is 2.50 bits per heavy atom. The molecule has 0 aliphatic heterocycles. The first-order valence-corrected chi connectivity index (χ1v) is 9.59. The second kappa shape index (κ2) is 8.07. The number of benzene rings is 1. The van der Waals surface area contributed by atoms with E-state index in [4.69, 9.17) is 10.5 Å². The van der Waals surface area contributed by atoms with Crippen LogP contribution in [0.25, 0.3) is 0 Å². The number of nitrogens with zero attached hydrogens (tertiary/aromatic N) is 1. The topological polar surface area (TPSA) is 67.6 Å². The fraction of sp³-hybridized carbons (Fsp3) is 0.667. The average Bonchev–Trinajstić information content (AvgIpc) is 2.60. The Morgan fingerprint density at radius 2 is 1.96 bits per heavy atom. The van der Waals surface area contributed by atoms with E-state index < -0.39 is 5.54 Å². The molecule has 1 aliphatic rings. The summed E-state index contributed by atoms with van der Waals surface area (Å²) < 4.78 is 5.72. The first kappa shape index (κ1) is 20.9. The van der Waals surface area contributed by atoms with Gasteiger partial charge in [-0.3, -0.25) is 9.69 Å². The van der Waals surface area contributed by atoms with Gasteiger partial charge in [-0.25, -0.2) is 0 Å². The monoisotopic (exact) mass is 361 g/mol. The lowest BCUT2D eigenvalue weighted by atomic mass is 9.54. The van der Waals surface area contributed by atoms with Crippen LogP contribution in [-0.2, 0) is 22.6 Å². The van der Waals surface area contributed by atoms with E-state index in [1.807, 2.05) is 32.9 Å². The summed E-state index contributed by atoms with van der Waals surface area (Å²) in [6, 6.07) is 8.72. The van der Waals surface area contributed by atoms with Crippen molar-refractivity contribution in [2.24, 2.45) is 11.1 Å². The molecule has 2 atom stereocenters. The van der Waals surface area contributed by atoms with E-state index >= 15 is 0 Å². The Kier molecular flexibility index (Phi) is 6.48. The third kappa shape index (κ3) is 3.95. The summed E-state index contributed by atoms with van der Waals surface area (Å²) in [5.41, 5.74) is 7.58. The number of hydrogen-bond acceptors (Lipinski definition) is 4. The van der Waals surface area contributed by atoms with Crippen molar-refractivity contribution in [2.75, 3.05) is 13.7 Å². The molecule has 26 heavy (non-hydrogen) atoms. The summed E-state index contributed by atoms with van der Waals surface area (Å²) >= 11 is 0. The van der Waals surface area contributed by atoms with E-state index in [2.05, 4.69) is 43.2 Å². The zero-order valence-electron chi connectivity index (χ0n) is 17.1. The molecule has 0 radical (unpaired) electrons. The predicted molar refractivity (Wildman–Crippen MR) is 106 cm³/mol. The van der Waals surface area contributed by atoms with Gasteiger partial charge in [0.2, 0.25) is 5.91 Å². The van der Waals surface area contributed by atoms with Crippen molar-refractivity contribution < 1.29 is 9.53 Å². The van der Waals surface area contributed by atoms with Crippen LogP contribution in [0.1, 0.15) is 52.2 Å². The van der Waals surface area contributed by atoms with Gasteiger partial charge in [-0.1, -0.05) is 38.1 Å². The lowest BCUT2D eigenvalue weighted by Gasteiger charge is -2.57. The summed E-state index contributed by atoms with van der Waals surface area (Å²) in [5.74, 6) is -0.0922. The number of amides is 1. The maximum absolute atomic E-state index is 12.8. The highest BCUT2D eigenvalue weighted by molar-refractivity contribution is 5.88. The zero-order chi connectivity index (χ0) is 19.5. The quantitative estimate of drug-likeness (QED) is 0.747. The van der Waals surface area contributed by atoms with Crippen LogP contribution in [0.3, 0.4) is 0 Å². The van der Waals surface area contributed by atoms with Gasteiger partial charge in [0.1, 0.15) is 5.54 Å². The highest BCUT2D eigenvalue weighted by Gasteiger charge is 2.62. The second-order valence-electron chi connectivity index (χ2n) is 8.30. The minimum atomic E-state index is -0.878. The van der Waals surface area contributed by atoms with Crippen LogP contribution in [0.4, 0.5) is 0 Å². The molecule has 0 saturated heterocycles. The summed E-state index contributed by atoms with van der Waals surface area (Å²) in [6.07, 6.45) is 0.604. The number of nitrogens with one attached hydrogen (secondary N) is 1. The molecular weight excluding hydrogens is 326 g/mol. The third-order valence-corrected chi connectivity index (χ3v) is 6.09. The Morgan fingerprint density at radius 1 is 1.35 bits per heavy atom. The largest absolute Gasteiger partial charge is 0.378 e. The molecular formula is C21H35N3O2. The molecule has 5 heteroatoms. The molecule has 0 heterocycles. The number of ether oxygens (including phenoxy) is 1. The highest BCUT2D eigenvalue weighted by Crippen LogP contribution is 2.49. The lowest BCUT2D eigenvalue weighted by molar-refractivity contribution is -0.170. The van der Waals surface area contributed by atoms with Gasteiger partial charge in [-0.2, -0.15) is 0 Å². The van der Waals surface area contributed by atoms with Crippen molar-refractivity contribution >= 4 is 5.91 Å². The van der Waals surface area contributed by atoms with Gasteiger partial charge in [0.25, 0.3) is 0 Å². The van der Waals surface area contributed by atoms with Crippen molar-refractivity contribution in [3.63, 3.8) is 0 Å². The average molecular weight is 362 g/mol. The SMILES string of the molecule is CCOC1CC(N)(C(=O)NCc2ccccc2CN(C)C(C)C)C1(C)C. The van der Waals surface area contributed by atoms with Crippen molar-refractivity contribution in [3.05, 3.63) is 35.4 Å². The summed E-state index contributed by atoms with van der Waals surface area (Å²) in [4.78, 5) is 15.1. The fourth-order valence-corrected chi connectivity index (χ4v) is 3.49. The molecule has 1 amide bonds. The predicted octanol–water partition coefficient (Wildman–Crippen LogP) is 2.68. The standard InChI is InChI=1S/C21H35N3O2/c1-7-26-18-12-21(22,20(18,4)5)19(25)23-13-16-10-8-9-11-17(16)14-24(6)15(2)3/h8-11,15,18H,7,12-14,22H2,1-6H3,(H,23,25). The molecule has 1 aromatic carbocycles. The smallest absolute Gasteiger partial charge is 0.241 e. The Bertz CT molecular complexity index is 629. The van der Waals surface area contributed by atoms with Gasteiger partial charge in [-0.15, -0.1) is 0 Å². The van der Waals surface area contributed by atoms with E-state index in [-0.39, 0.29) is 17.4 Å². The molecule has 1 fully saturated rings. The Labute approximate surface area is 158 Å². The van der Waals surface area contributed by atoms with Crippen LogP contribution in [0, 0.1) is 5.41 Å². The Hall–Kier alpha value is -1.43. The minimum Gasteiger partial charge on any atom is -0.378 e. The summed E-state index contributed by atoms with van der Waals surface area (Å²) in [6.45, 7) is 12.3. The van der Waals surface area contributed by atoms with Gasteiger partial charge in [0.15, 0.2) is 0 Å². The van der Waals surface area contributed by atoms with Crippen LogP contribution >= 0.6 is 0 Å². The third-order valence-electron chi connectivity index (χ3n) is 6.09. The minimum absolute atomic E-state index is 0.0372. The van der Waals surface area contributed by atoms with Crippen molar-refractivity contribution in [3.8, 4) is 0 Å². The molecule has 0 spiro atoms. The van der Waals surface area contributed by atoms with Crippen molar-refractivity contribution in [1.29, 1.82) is 0 Å². The van der Waals surface area contributed by atoms with Crippen LogP contribution < -0.4 is 11.1 Å². The van der Waals surface area contributed by atoms with E-state index in [1.54, 1.807) is 0 Å². The van der Waals surface area contributed by atoms with Gasteiger partial charge < -0.3 is 15.8 Å². The van der Waals surface area contributed by atoms with Gasteiger partial charge in [0, 0.05) is 37.6 Å². The maximum Gasteiger partial charge on any atom is 0.241 e. The van der Waals surface area contributed by atoms with E-state index in [0.717, 1.165) is 12.1 Å². The summed E-state index contributed by atoms with van der Waals surface area (Å²) in [7, 11) is 2.11. The molecule has 0 aromatic heterocycles. The van der Waals surface area contributed by atoms with Crippen molar-refractivity contribution in [1.82, 2.24) is 10.2 Å². The van der Waals surface area contributed by atoms with Crippen LogP contribution in [0.15, 0.2) is 24.3 Å². The molecule has 1 aromatic rings. The van der Waals surface area contributed by atoms with E-state index in [9.17, 15) is 4.79 Å². The van der Waals surface area contributed by atoms with E-state index in [0.29, 0.717) is 25.6 Å². The zero-order valence-corrected chi connectivity index (χ0v) is 17.1. The molecule has 1 saturated carbocycles. The van der Waals surface area contributed by atoms with Crippen LogP contribution in [0.2, 0.25) is 0 Å². The number of carbonyl (C=O) groups excluding carboxylic acids is 1. The number of nitrogens with two attached hydrogens (primary N) is 1. The molecule has 5 nitrogen and oxygen atoms in total. The maximum atomic E-state index is 12.8. The van der Waals surface area contributed by atoms with Crippen molar-refractivity contribution in [2.45, 2.75) is 71.8 Å². The van der Waals surface area contributed by atoms with E-state index in [1.165, 1.54) is 5.56 Å². The van der Waals surface area contributed by atoms with Crippen LogP contribution in [-0.4, -0.2) is 42.1 Å². The molecule has 1 aliphatic carbocycles. The lowest BCUT2D eigenvalue weighted by Crippen LogP contribution is -2.75. The van der Waals surface area contributed by atoms with Crippen LogP contribution in [0.5, 0.6) is 0 Å². The number of carbonyl (C=O) groups is 1.